The molecule has 0 N–H and O–H groups in total. The zero-order valence-corrected chi connectivity index (χ0v) is 16.8. The van der Waals surface area contributed by atoms with E-state index in [2.05, 4.69) is 15.5 Å². The number of hydrogen-bond acceptors (Lipinski definition) is 6. The topological polar surface area (TPSA) is 67.2 Å². The third-order valence-corrected chi connectivity index (χ3v) is 5.77. The molecule has 150 valence electrons. The average Bonchev–Trinajstić information content (AvgIpc) is 3.22. The number of carbonyl (C=O) groups is 1. The van der Waals surface area contributed by atoms with Crippen LogP contribution in [-0.2, 0) is 4.79 Å². The molecule has 2 heterocycles. The summed E-state index contributed by atoms with van der Waals surface area (Å²) < 4.78 is 15.6. The van der Waals surface area contributed by atoms with Crippen LogP contribution in [0.3, 0.4) is 0 Å². The number of aryl methyl sites for hydroxylation is 1. The van der Waals surface area contributed by atoms with E-state index in [-0.39, 0.29) is 17.5 Å². The lowest BCUT2D eigenvalue weighted by Gasteiger charge is -2.36. The summed E-state index contributed by atoms with van der Waals surface area (Å²) in [6, 6.07) is 14.6. The second kappa shape index (κ2) is 8.60. The number of aromatic nitrogens is 4. The number of tetrazole rings is 1. The molecule has 0 saturated carbocycles. The number of carbonyl (C=O) groups excluding carboxylic acids is 1. The Balaban J connectivity index is 1.33. The molecule has 1 aliphatic rings. The lowest BCUT2D eigenvalue weighted by atomic mass is 10.2. The van der Waals surface area contributed by atoms with Crippen molar-refractivity contribution in [2.24, 2.45) is 0 Å². The van der Waals surface area contributed by atoms with E-state index in [4.69, 9.17) is 0 Å². The summed E-state index contributed by atoms with van der Waals surface area (Å²) >= 11 is 1.32. The van der Waals surface area contributed by atoms with Crippen LogP contribution in [-0.4, -0.2) is 62.9 Å². The minimum absolute atomic E-state index is 0.0293. The number of piperazine rings is 1. The van der Waals surface area contributed by atoms with E-state index in [0.29, 0.717) is 37.0 Å². The molecular weight excluding hydrogens is 391 g/mol. The molecule has 0 aliphatic carbocycles. The van der Waals surface area contributed by atoms with Gasteiger partial charge in [0.05, 0.1) is 17.1 Å². The predicted octanol–water partition coefficient (Wildman–Crippen LogP) is 2.55. The lowest BCUT2D eigenvalue weighted by Crippen LogP contribution is -2.49. The van der Waals surface area contributed by atoms with Crippen LogP contribution in [0.2, 0.25) is 0 Å². The molecular formula is C20H21FN6OS. The van der Waals surface area contributed by atoms with Crippen LogP contribution in [0.4, 0.5) is 10.1 Å². The summed E-state index contributed by atoms with van der Waals surface area (Å²) in [5, 5.41) is 12.4. The molecule has 2 aromatic carbocycles. The molecule has 0 bridgehead atoms. The van der Waals surface area contributed by atoms with Gasteiger partial charge in [0.1, 0.15) is 5.82 Å². The van der Waals surface area contributed by atoms with Crippen LogP contribution < -0.4 is 4.90 Å². The molecule has 1 aromatic heterocycles. The van der Waals surface area contributed by atoms with Crippen molar-refractivity contribution in [1.29, 1.82) is 0 Å². The number of thioether (sulfide) groups is 1. The Bertz CT molecular complexity index is 985. The van der Waals surface area contributed by atoms with Gasteiger partial charge in [0, 0.05) is 26.2 Å². The highest BCUT2D eigenvalue weighted by atomic mass is 32.2. The molecule has 0 unspecified atom stereocenters. The second-order valence-electron chi connectivity index (χ2n) is 6.82. The van der Waals surface area contributed by atoms with Crippen molar-refractivity contribution in [1.82, 2.24) is 25.1 Å². The first-order valence-electron chi connectivity index (χ1n) is 9.37. The van der Waals surface area contributed by atoms with E-state index >= 15 is 0 Å². The fourth-order valence-corrected chi connectivity index (χ4v) is 4.03. The van der Waals surface area contributed by atoms with E-state index < -0.39 is 0 Å². The maximum absolute atomic E-state index is 14.0. The molecule has 1 amide bonds. The van der Waals surface area contributed by atoms with Gasteiger partial charge < -0.3 is 9.80 Å². The fraction of sp³-hybridized carbons (Fsp3) is 0.300. The number of rotatable bonds is 5. The highest BCUT2D eigenvalue weighted by Gasteiger charge is 2.23. The summed E-state index contributed by atoms with van der Waals surface area (Å²) in [6.45, 7) is 4.37. The zero-order valence-electron chi connectivity index (χ0n) is 16.0. The number of amides is 1. The first-order chi connectivity index (χ1) is 14.1. The standard InChI is InChI=1S/C20H21FN6OS/c1-15-6-8-16(9-7-15)27-20(22-23-24-27)29-14-19(28)26-12-10-25(11-13-26)18-5-3-2-4-17(18)21/h2-9H,10-14H2,1H3. The number of halogens is 1. The number of anilines is 1. The van der Waals surface area contributed by atoms with E-state index in [1.165, 1.54) is 17.8 Å². The Morgan fingerprint density at radius 3 is 2.52 bits per heavy atom. The van der Waals surface area contributed by atoms with Crippen LogP contribution >= 0.6 is 11.8 Å². The van der Waals surface area contributed by atoms with Gasteiger partial charge in [0.2, 0.25) is 11.1 Å². The Kier molecular flexibility index (Phi) is 5.75. The highest BCUT2D eigenvalue weighted by molar-refractivity contribution is 7.99. The minimum atomic E-state index is -0.231. The van der Waals surface area contributed by atoms with Crippen LogP contribution in [0.5, 0.6) is 0 Å². The Morgan fingerprint density at radius 1 is 1.07 bits per heavy atom. The van der Waals surface area contributed by atoms with Gasteiger partial charge in [0.25, 0.3) is 0 Å². The Labute approximate surface area is 172 Å². The first-order valence-corrected chi connectivity index (χ1v) is 10.4. The quantitative estimate of drug-likeness (QED) is 0.600. The van der Waals surface area contributed by atoms with Crippen LogP contribution in [0.25, 0.3) is 5.69 Å². The summed E-state index contributed by atoms with van der Waals surface area (Å²) in [5.41, 5.74) is 2.60. The molecule has 1 saturated heterocycles. The van der Waals surface area contributed by atoms with Crippen molar-refractivity contribution in [3.8, 4) is 5.69 Å². The van der Waals surface area contributed by atoms with E-state index in [0.717, 1.165) is 11.3 Å². The lowest BCUT2D eigenvalue weighted by molar-refractivity contribution is -0.128. The summed E-state index contributed by atoms with van der Waals surface area (Å²) in [7, 11) is 0. The van der Waals surface area contributed by atoms with Gasteiger partial charge in [-0.2, -0.15) is 4.68 Å². The van der Waals surface area contributed by atoms with Gasteiger partial charge in [-0.25, -0.2) is 4.39 Å². The zero-order chi connectivity index (χ0) is 20.2. The minimum Gasteiger partial charge on any atom is -0.366 e. The third-order valence-electron chi connectivity index (χ3n) is 4.87. The number of nitrogens with zero attached hydrogens (tertiary/aromatic N) is 6. The maximum atomic E-state index is 14.0. The smallest absolute Gasteiger partial charge is 0.233 e. The van der Waals surface area contributed by atoms with Crippen molar-refractivity contribution < 1.29 is 9.18 Å². The summed E-state index contributed by atoms with van der Waals surface area (Å²) in [5.74, 6) is 0.0544. The number of hydrogen-bond donors (Lipinski definition) is 0. The van der Waals surface area contributed by atoms with Crippen molar-refractivity contribution in [2.45, 2.75) is 12.1 Å². The predicted molar refractivity (Wildman–Crippen MR) is 110 cm³/mol. The van der Waals surface area contributed by atoms with Gasteiger partial charge in [-0.05, 0) is 41.6 Å². The molecule has 9 heteroatoms. The van der Waals surface area contributed by atoms with Crippen LogP contribution in [0, 0.1) is 12.7 Å². The van der Waals surface area contributed by atoms with Crippen molar-refractivity contribution in [3.63, 3.8) is 0 Å². The molecule has 29 heavy (non-hydrogen) atoms. The maximum Gasteiger partial charge on any atom is 0.233 e. The van der Waals surface area contributed by atoms with Crippen molar-refractivity contribution in [3.05, 3.63) is 59.9 Å². The van der Waals surface area contributed by atoms with Gasteiger partial charge in [0.15, 0.2) is 0 Å². The monoisotopic (exact) mass is 412 g/mol. The van der Waals surface area contributed by atoms with Gasteiger partial charge in [-0.1, -0.05) is 41.6 Å². The van der Waals surface area contributed by atoms with Crippen LogP contribution in [0.1, 0.15) is 5.56 Å². The summed E-state index contributed by atoms with van der Waals surface area (Å²) in [6.07, 6.45) is 0. The molecule has 7 nitrogen and oxygen atoms in total. The Hall–Kier alpha value is -2.94. The van der Waals surface area contributed by atoms with E-state index in [1.54, 1.807) is 16.8 Å². The van der Waals surface area contributed by atoms with E-state index in [9.17, 15) is 9.18 Å². The first kappa shape index (κ1) is 19.4. The fourth-order valence-electron chi connectivity index (χ4n) is 3.24. The molecule has 0 atom stereocenters. The number of para-hydroxylation sites is 1. The van der Waals surface area contributed by atoms with Gasteiger partial charge in [-0.15, -0.1) is 5.10 Å². The Morgan fingerprint density at radius 2 is 1.79 bits per heavy atom. The van der Waals surface area contributed by atoms with Crippen LogP contribution in [0.15, 0.2) is 53.7 Å². The molecule has 4 rings (SSSR count). The van der Waals surface area contributed by atoms with Crippen molar-refractivity contribution >= 4 is 23.4 Å². The van der Waals surface area contributed by atoms with E-state index in [1.807, 2.05) is 47.1 Å². The molecule has 3 aromatic rings. The average molecular weight is 412 g/mol. The SMILES string of the molecule is Cc1ccc(-n2nnnc2SCC(=O)N2CCN(c3ccccc3F)CC2)cc1. The normalized spacial score (nSPS) is 14.3. The molecule has 0 radical (unpaired) electrons. The molecule has 0 spiro atoms. The highest BCUT2D eigenvalue weighted by Crippen LogP contribution is 2.22. The largest absolute Gasteiger partial charge is 0.366 e. The number of benzene rings is 2. The second-order valence-corrected chi connectivity index (χ2v) is 7.76. The van der Waals surface area contributed by atoms with Gasteiger partial charge in [-0.3, -0.25) is 4.79 Å². The van der Waals surface area contributed by atoms with Gasteiger partial charge >= 0.3 is 0 Å². The third kappa shape index (κ3) is 4.40. The summed E-state index contributed by atoms with van der Waals surface area (Å²) in [4.78, 5) is 16.4. The molecule has 1 aliphatic heterocycles. The molecule has 1 fully saturated rings. The van der Waals surface area contributed by atoms with Crippen molar-refractivity contribution in [2.75, 3.05) is 36.8 Å².